The van der Waals surface area contributed by atoms with Gasteiger partial charge in [-0.2, -0.15) is 0 Å². The van der Waals surface area contributed by atoms with E-state index in [-0.39, 0.29) is 43.2 Å². The molecule has 0 spiro atoms. The zero-order chi connectivity index (χ0) is 24.8. The summed E-state index contributed by atoms with van der Waals surface area (Å²) in [5.41, 5.74) is 0.182. The van der Waals surface area contributed by atoms with Gasteiger partial charge in [-0.3, -0.25) is 19.7 Å². The molecule has 0 radical (unpaired) electrons. The molecule has 11 heteroatoms. The van der Waals surface area contributed by atoms with Gasteiger partial charge in [-0.05, 0) is 24.3 Å². The first-order chi connectivity index (χ1) is 16.3. The number of likely N-dealkylation sites (tertiary alicyclic amines) is 1. The van der Waals surface area contributed by atoms with Gasteiger partial charge in [0, 0.05) is 35.9 Å². The van der Waals surface area contributed by atoms with Crippen LogP contribution in [0.5, 0.6) is 11.5 Å². The Labute approximate surface area is 194 Å². The lowest BCUT2D eigenvalue weighted by molar-refractivity contribution is -0.384. The van der Waals surface area contributed by atoms with Gasteiger partial charge < -0.3 is 29.3 Å². The fourth-order valence-corrected chi connectivity index (χ4v) is 3.70. The number of nitro benzene ring substituents is 1. The molecule has 2 aromatic rings. The molecular formula is C23H24N2O9. The molecule has 34 heavy (non-hydrogen) atoms. The van der Waals surface area contributed by atoms with Crippen LogP contribution >= 0.6 is 0 Å². The van der Waals surface area contributed by atoms with E-state index in [0.717, 1.165) is 0 Å². The molecule has 0 saturated carbocycles. The van der Waals surface area contributed by atoms with Crippen LogP contribution in [0.4, 0.5) is 5.69 Å². The first-order valence-corrected chi connectivity index (χ1v) is 10.3. The van der Waals surface area contributed by atoms with Crippen LogP contribution < -0.4 is 9.47 Å². The summed E-state index contributed by atoms with van der Waals surface area (Å²) in [5, 5.41) is 30.9. The molecule has 1 aliphatic rings. The van der Waals surface area contributed by atoms with Gasteiger partial charge >= 0.3 is 0 Å². The zero-order valence-corrected chi connectivity index (χ0v) is 18.6. The zero-order valence-electron chi connectivity index (χ0n) is 18.6. The molecule has 0 unspecified atom stereocenters. The van der Waals surface area contributed by atoms with Crippen LogP contribution in [-0.2, 0) is 14.3 Å². The van der Waals surface area contributed by atoms with E-state index in [2.05, 4.69) is 0 Å². The number of ketones is 1. The lowest BCUT2D eigenvalue weighted by Crippen LogP contribution is -2.33. The number of aliphatic hydroxyl groups is 2. The van der Waals surface area contributed by atoms with Crippen molar-refractivity contribution in [2.45, 2.75) is 6.04 Å². The maximum absolute atomic E-state index is 13.0. The minimum absolute atomic E-state index is 0.00145. The Bertz CT molecular complexity index is 1110. The Morgan fingerprint density at radius 3 is 2.38 bits per heavy atom. The second-order valence-corrected chi connectivity index (χ2v) is 7.24. The third kappa shape index (κ3) is 4.85. The quantitative estimate of drug-likeness (QED) is 0.132. The minimum Gasteiger partial charge on any atom is -0.507 e. The maximum atomic E-state index is 13.0. The summed E-state index contributed by atoms with van der Waals surface area (Å²) in [6.45, 7) is -0.0977. The van der Waals surface area contributed by atoms with Crippen LogP contribution in [0.3, 0.4) is 0 Å². The molecule has 1 aliphatic heterocycles. The third-order valence-corrected chi connectivity index (χ3v) is 5.34. The van der Waals surface area contributed by atoms with Crippen LogP contribution in [0.1, 0.15) is 17.2 Å². The van der Waals surface area contributed by atoms with Gasteiger partial charge in [0.2, 0.25) is 0 Å². The number of nitrogens with zero attached hydrogens (tertiary/aromatic N) is 2. The Morgan fingerprint density at radius 1 is 1.09 bits per heavy atom. The first-order valence-electron chi connectivity index (χ1n) is 10.3. The highest BCUT2D eigenvalue weighted by Gasteiger charge is 2.47. The molecule has 3 rings (SSSR count). The Morgan fingerprint density at radius 2 is 1.79 bits per heavy atom. The summed E-state index contributed by atoms with van der Waals surface area (Å²) in [5.74, 6) is -1.43. The molecule has 2 aromatic carbocycles. The normalized spacial score (nSPS) is 17.1. The number of nitro groups is 1. The van der Waals surface area contributed by atoms with Crippen LogP contribution in [0.25, 0.3) is 5.76 Å². The number of aliphatic hydroxyl groups excluding tert-OH is 2. The van der Waals surface area contributed by atoms with Crippen molar-refractivity contribution in [3.05, 3.63) is 69.3 Å². The largest absolute Gasteiger partial charge is 0.507 e. The van der Waals surface area contributed by atoms with E-state index in [1.165, 1.54) is 43.4 Å². The van der Waals surface area contributed by atoms with Gasteiger partial charge in [-0.1, -0.05) is 0 Å². The lowest BCUT2D eigenvalue weighted by Gasteiger charge is -2.26. The Kier molecular flexibility index (Phi) is 7.82. The molecular weight excluding hydrogens is 448 g/mol. The van der Waals surface area contributed by atoms with Gasteiger partial charge in [0.15, 0.2) is 0 Å². The molecule has 1 amide bonds. The van der Waals surface area contributed by atoms with Gasteiger partial charge in [-0.25, -0.2) is 0 Å². The van der Waals surface area contributed by atoms with E-state index in [1.54, 1.807) is 18.2 Å². The number of ether oxygens (including phenoxy) is 3. The van der Waals surface area contributed by atoms with Crippen LogP contribution in [0, 0.1) is 10.1 Å². The highest BCUT2D eigenvalue weighted by Crippen LogP contribution is 2.43. The summed E-state index contributed by atoms with van der Waals surface area (Å²) < 4.78 is 16.0. The van der Waals surface area contributed by atoms with Crippen molar-refractivity contribution in [2.24, 2.45) is 0 Å². The van der Waals surface area contributed by atoms with Crippen molar-refractivity contribution < 1.29 is 38.9 Å². The topological polar surface area (TPSA) is 149 Å². The number of non-ortho nitro benzene ring substituents is 1. The van der Waals surface area contributed by atoms with E-state index in [4.69, 9.17) is 19.3 Å². The predicted octanol–water partition coefficient (Wildman–Crippen LogP) is 2.04. The average molecular weight is 472 g/mol. The minimum atomic E-state index is -1.02. The van der Waals surface area contributed by atoms with Crippen LogP contribution in [0.15, 0.2) is 48.0 Å². The number of methoxy groups -OCH3 is 2. The predicted molar refractivity (Wildman–Crippen MR) is 120 cm³/mol. The number of carbonyl (C=O) groups excluding carboxylic acids is 2. The van der Waals surface area contributed by atoms with Crippen molar-refractivity contribution in [1.82, 2.24) is 4.90 Å². The SMILES string of the molecule is COc1ccc([C@H]2/C(=C(\O)c3ccc([N+](=O)[O-])cc3)C(=O)C(=O)N2CCOCCO)c(OC)c1. The average Bonchev–Trinajstić information content (AvgIpc) is 3.10. The number of hydrogen-bond acceptors (Lipinski definition) is 9. The second-order valence-electron chi connectivity index (χ2n) is 7.24. The van der Waals surface area contributed by atoms with Gasteiger partial charge in [0.1, 0.15) is 17.3 Å². The fourth-order valence-electron chi connectivity index (χ4n) is 3.70. The van der Waals surface area contributed by atoms with Crippen molar-refractivity contribution in [2.75, 3.05) is 40.6 Å². The van der Waals surface area contributed by atoms with Gasteiger partial charge in [-0.15, -0.1) is 0 Å². The molecule has 0 aromatic heterocycles. The highest BCUT2D eigenvalue weighted by molar-refractivity contribution is 6.46. The van der Waals surface area contributed by atoms with Crippen LogP contribution in [0.2, 0.25) is 0 Å². The molecule has 1 heterocycles. The molecule has 1 fully saturated rings. The van der Waals surface area contributed by atoms with Crippen molar-refractivity contribution in [3.63, 3.8) is 0 Å². The number of rotatable bonds is 10. The van der Waals surface area contributed by atoms with Gasteiger partial charge in [0.25, 0.3) is 17.4 Å². The highest BCUT2D eigenvalue weighted by atomic mass is 16.6. The first kappa shape index (κ1) is 24.7. The van der Waals surface area contributed by atoms with E-state index in [9.17, 15) is 24.8 Å². The Balaban J connectivity index is 2.14. The fraction of sp³-hybridized carbons (Fsp3) is 0.304. The molecule has 1 atom stereocenters. The maximum Gasteiger partial charge on any atom is 0.295 e. The number of carbonyl (C=O) groups is 2. The molecule has 0 bridgehead atoms. The second kappa shape index (κ2) is 10.8. The van der Waals surface area contributed by atoms with E-state index < -0.39 is 28.4 Å². The summed E-state index contributed by atoms with van der Waals surface area (Å²) >= 11 is 0. The third-order valence-electron chi connectivity index (χ3n) is 5.34. The standard InChI is InChI=1S/C23H24N2O9/c1-32-16-7-8-17(18(13-16)33-2)20-19(21(27)14-3-5-15(6-4-14)25(30)31)22(28)23(29)24(20)9-11-34-12-10-26/h3-8,13,20,26-27H,9-12H2,1-2H3/b21-19+/t20-/m0/s1. The van der Waals surface area contributed by atoms with Crippen molar-refractivity contribution in [3.8, 4) is 11.5 Å². The van der Waals surface area contributed by atoms with Crippen molar-refractivity contribution >= 4 is 23.1 Å². The lowest BCUT2D eigenvalue weighted by atomic mass is 9.94. The number of benzene rings is 2. The number of hydrogen-bond donors (Lipinski definition) is 2. The monoisotopic (exact) mass is 472 g/mol. The van der Waals surface area contributed by atoms with Gasteiger partial charge in [0.05, 0.1) is 50.6 Å². The van der Waals surface area contributed by atoms with E-state index in [0.29, 0.717) is 17.1 Å². The van der Waals surface area contributed by atoms with Crippen molar-refractivity contribution in [1.29, 1.82) is 0 Å². The summed E-state index contributed by atoms with van der Waals surface area (Å²) in [7, 11) is 2.90. The molecule has 180 valence electrons. The number of amides is 1. The van der Waals surface area contributed by atoms with E-state index >= 15 is 0 Å². The smallest absolute Gasteiger partial charge is 0.295 e. The Hall–Kier alpha value is -3.96. The summed E-state index contributed by atoms with van der Waals surface area (Å²) in [6, 6.07) is 8.80. The summed E-state index contributed by atoms with van der Waals surface area (Å²) in [6.07, 6.45) is 0. The molecule has 2 N–H and O–H groups in total. The summed E-state index contributed by atoms with van der Waals surface area (Å²) in [4.78, 5) is 37.6. The van der Waals surface area contributed by atoms with Crippen LogP contribution in [-0.4, -0.2) is 72.3 Å². The number of Topliss-reactive ketones (excluding diaryl/α,β-unsaturated/α-hetero) is 1. The molecule has 0 aliphatic carbocycles. The molecule has 11 nitrogen and oxygen atoms in total. The van der Waals surface area contributed by atoms with E-state index in [1.807, 2.05) is 0 Å². The molecule has 1 saturated heterocycles.